The van der Waals surface area contributed by atoms with Crippen molar-refractivity contribution < 1.29 is 9.53 Å². The molecule has 4 nitrogen and oxygen atoms in total. The highest BCUT2D eigenvalue weighted by molar-refractivity contribution is 7.17. The molecular weight excluding hydrogens is 308 g/mol. The minimum atomic E-state index is -0.144. The SMILES string of the molecule is C#CCOc1ccc(N(C)C(=O)c2sc(Cl)nc2C)cc1. The third kappa shape index (κ3) is 3.54. The number of carbonyl (C=O) groups excluding carboxylic acids is 1. The van der Waals surface area contributed by atoms with Crippen LogP contribution in [0.15, 0.2) is 24.3 Å². The van der Waals surface area contributed by atoms with Crippen molar-refractivity contribution in [1.82, 2.24) is 4.98 Å². The molecule has 0 aliphatic heterocycles. The largest absolute Gasteiger partial charge is 0.481 e. The molecule has 0 aliphatic carbocycles. The molecule has 0 radical (unpaired) electrons. The van der Waals surface area contributed by atoms with Crippen molar-refractivity contribution in [1.29, 1.82) is 0 Å². The number of carbonyl (C=O) groups is 1. The van der Waals surface area contributed by atoms with Crippen molar-refractivity contribution in [3.8, 4) is 18.1 Å². The molecular formula is C15H13ClN2O2S. The first kappa shape index (κ1) is 15.4. The van der Waals surface area contributed by atoms with Gasteiger partial charge in [-0.1, -0.05) is 28.9 Å². The first-order valence-corrected chi connectivity index (χ1v) is 7.29. The second-order valence-corrected chi connectivity index (χ2v) is 5.81. The molecule has 0 spiro atoms. The number of thiazole rings is 1. The van der Waals surface area contributed by atoms with E-state index in [2.05, 4.69) is 10.9 Å². The van der Waals surface area contributed by atoms with E-state index >= 15 is 0 Å². The summed E-state index contributed by atoms with van der Waals surface area (Å²) in [7, 11) is 1.70. The monoisotopic (exact) mass is 320 g/mol. The summed E-state index contributed by atoms with van der Waals surface area (Å²) in [5.74, 6) is 2.91. The zero-order chi connectivity index (χ0) is 15.4. The van der Waals surface area contributed by atoms with Crippen LogP contribution in [0, 0.1) is 19.3 Å². The van der Waals surface area contributed by atoms with Gasteiger partial charge in [0.2, 0.25) is 0 Å². The molecule has 0 saturated heterocycles. The fourth-order valence-corrected chi connectivity index (χ4v) is 2.85. The van der Waals surface area contributed by atoms with Crippen molar-refractivity contribution in [2.45, 2.75) is 6.92 Å². The van der Waals surface area contributed by atoms with Gasteiger partial charge in [-0.2, -0.15) is 0 Å². The van der Waals surface area contributed by atoms with E-state index in [1.165, 1.54) is 11.3 Å². The van der Waals surface area contributed by atoms with E-state index in [0.29, 0.717) is 20.8 Å². The molecule has 2 rings (SSSR count). The second-order valence-electron chi connectivity index (χ2n) is 4.23. The van der Waals surface area contributed by atoms with Crippen LogP contribution in [0.1, 0.15) is 15.4 Å². The Morgan fingerprint density at radius 3 is 2.67 bits per heavy atom. The molecule has 21 heavy (non-hydrogen) atoms. The Morgan fingerprint density at radius 2 is 2.14 bits per heavy atom. The molecule has 0 atom stereocenters. The molecule has 6 heteroatoms. The number of aryl methyl sites for hydroxylation is 1. The summed E-state index contributed by atoms with van der Waals surface area (Å²) in [6.07, 6.45) is 5.13. The Labute approximate surface area is 132 Å². The number of hydrogen-bond acceptors (Lipinski definition) is 4. The zero-order valence-electron chi connectivity index (χ0n) is 11.6. The van der Waals surface area contributed by atoms with Crippen LogP contribution in [0.4, 0.5) is 5.69 Å². The van der Waals surface area contributed by atoms with Gasteiger partial charge >= 0.3 is 0 Å². The van der Waals surface area contributed by atoms with Crippen LogP contribution in [0.25, 0.3) is 0 Å². The molecule has 1 heterocycles. The highest BCUT2D eigenvalue weighted by Crippen LogP contribution is 2.26. The lowest BCUT2D eigenvalue weighted by molar-refractivity contribution is 0.0996. The van der Waals surface area contributed by atoms with Crippen LogP contribution >= 0.6 is 22.9 Å². The lowest BCUT2D eigenvalue weighted by Crippen LogP contribution is -2.25. The van der Waals surface area contributed by atoms with Gasteiger partial charge < -0.3 is 9.64 Å². The van der Waals surface area contributed by atoms with Crippen molar-refractivity contribution in [3.05, 3.63) is 39.3 Å². The predicted octanol–water partition coefficient (Wildman–Crippen LogP) is 3.39. The minimum Gasteiger partial charge on any atom is -0.481 e. The fourth-order valence-electron chi connectivity index (χ4n) is 1.72. The molecule has 0 aliphatic rings. The number of aromatic nitrogens is 1. The number of benzene rings is 1. The maximum absolute atomic E-state index is 12.4. The first-order chi connectivity index (χ1) is 10.0. The third-order valence-electron chi connectivity index (χ3n) is 2.82. The van der Waals surface area contributed by atoms with E-state index in [4.69, 9.17) is 22.8 Å². The molecule has 0 N–H and O–H groups in total. The van der Waals surface area contributed by atoms with Gasteiger partial charge in [0, 0.05) is 12.7 Å². The molecule has 0 fully saturated rings. The molecule has 2 aromatic rings. The Bertz CT molecular complexity index is 689. The van der Waals surface area contributed by atoms with Crippen molar-refractivity contribution in [2.75, 3.05) is 18.6 Å². The number of rotatable bonds is 4. The quantitative estimate of drug-likeness (QED) is 0.811. The summed E-state index contributed by atoms with van der Waals surface area (Å²) in [6, 6.07) is 7.12. The molecule has 1 amide bonds. The molecule has 1 aromatic heterocycles. The zero-order valence-corrected chi connectivity index (χ0v) is 13.2. The van der Waals surface area contributed by atoms with Crippen LogP contribution in [0.2, 0.25) is 4.47 Å². The Morgan fingerprint density at radius 1 is 1.48 bits per heavy atom. The predicted molar refractivity (Wildman–Crippen MR) is 85.4 cm³/mol. The maximum atomic E-state index is 12.4. The molecule has 108 valence electrons. The standard InChI is InChI=1S/C15H13ClN2O2S/c1-4-9-20-12-7-5-11(6-8-12)18(3)14(19)13-10(2)17-15(16)21-13/h1,5-8H,9H2,2-3H3. The number of ether oxygens (including phenoxy) is 1. The molecule has 0 saturated carbocycles. The maximum Gasteiger partial charge on any atom is 0.270 e. The van der Waals surface area contributed by atoms with E-state index in [1.54, 1.807) is 43.1 Å². The summed E-state index contributed by atoms with van der Waals surface area (Å²) in [5.41, 5.74) is 1.38. The Balaban J connectivity index is 2.16. The van der Waals surface area contributed by atoms with Crippen LogP contribution < -0.4 is 9.64 Å². The minimum absolute atomic E-state index is 0.144. The van der Waals surface area contributed by atoms with Crippen molar-refractivity contribution >= 4 is 34.5 Å². The highest BCUT2D eigenvalue weighted by atomic mass is 35.5. The van der Waals surface area contributed by atoms with Crippen molar-refractivity contribution in [2.24, 2.45) is 0 Å². The van der Waals surface area contributed by atoms with Gasteiger partial charge in [0.25, 0.3) is 5.91 Å². The Kier molecular flexibility index (Phi) is 4.84. The van der Waals surface area contributed by atoms with E-state index in [1.807, 2.05) is 0 Å². The summed E-state index contributed by atoms with van der Waals surface area (Å²) in [4.78, 5) is 18.6. The van der Waals surface area contributed by atoms with E-state index in [9.17, 15) is 4.79 Å². The fraction of sp³-hybridized carbons (Fsp3) is 0.200. The smallest absolute Gasteiger partial charge is 0.270 e. The molecule has 1 aromatic carbocycles. The number of hydrogen-bond donors (Lipinski definition) is 0. The van der Waals surface area contributed by atoms with Gasteiger partial charge in [0.1, 0.15) is 17.2 Å². The average molecular weight is 321 g/mol. The highest BCUT2D eigenvalue weighted by Gasteiger charge is 2.19. The van der Waals surface area contributed by atoms with Gasteiger partial charge in [-0.25, -0.2) is 4.98 Å². The number of anilines is 1. The number of amides is 1. The van der Waals surface area contributed by atoms with Gasteiger partial charge in [-0.15, -0.1) is 6.42 Å². The van der Waals surface area contributed by atoms with E-state index in [0.717, 1.165) is 5.69 Å². The summed E-state index contributed by atoms with van der Waals surface area (Å²) in [5, 5.41) is 0. The molecule has 0 unspecified atom stereocenters. The summed E-state index contributed by atoms with van der Waals surface area (Å²) in [6.45, 7) is 1.98. The van der Waals surface area contributed by atoms with Crippen molar-refractivity contribution in [3.63, 3.8) is 0 Å². The van der Waals surface area contributed by atoms with Gasteiger partial charge in [0.15, 0.2) is 4.47 Å². The van der Waals surface area contributed by atoms with Crippen LogP contribution in [0.3, 0.4) is 0 Å². The average Bonchev–Trinajstić information content (AvgIpc) is 2.83. The lowest BCUT2D eigenvalue weighted by Gasteiger charge is -2.17. The summed E-state index contributed by atoms with van der Waals surface area (Å²) >= 11 is 7.01. The summed E-state index contributed by atoms with van der Waals surface area (Å²) < 4.78 is 5.66. The topological polar surface area (TPSA) is 42.4 Å². The Hall–Kier alpha value is -2.03. The van der Waals surface area contributed by atoms with E-state index < -0.39 is 0 Å². The van der Waals surface area contributed by atoms with Gasteiger partial charge in [-0.05, 0) is 31.2 Å². The van der Waals surface area contributed by atoms with Crippen LogP contribution in [-0.2, 0) is 0 Å². The second kappa shape index (κ2) is 6.61. The number of nitrogens with zero attached hydrogens (tertiary/aromatic N) is 2. The first-order valence-electron chi connectivity index (χ1n) is 6.10. The lowest BCUT2D eigenvalue weighted by atomic mass is 10.2. The van der Waals surface area contributed by atoms with Crippen LogP contribution in [-0.4, -0.2) is 24.5 Å². The number of halogens is 1. The van der Waals surface area contributed by atoms with E-state index in [-0.39, 0.29) is 12.5 Å². The normalized spacial score (nSPS) is 10.0. The van der Waals surface area contributed by atoms with Gasteiger partial charge in [0.05, 0.1) is 5.69 Å². The van der Waals surface area contributed by atoms with Gasteiger partial charge in [-0.3, -0.25) is 4.79 Å². The van der Waals surface area contributed by atoms with Crippen LogP contribution in [0.5, 0.6) is 5.75 Å². The molecule has 0 bridgehead atoms. The number of terminal acetylenes is 1. The third-order valence-corrected chi connectivity index (χ3v) is 4.07.